The Kier molecular flexibility index (Phi) is 3.66. The number of benzene rings is 1. The predicted molar refractivity (Wildman–Crippen MR) is 58.7 cm³/mol. The fraction of sp³-hybridized carbons (Fsp3) is 0.300. The molecule has 76 valence electrons. The van der Waals surface area contributed by atoms with E-state index in [1.807, 2.05) is 24.3 Å². The van der Waals surface area contributed by atoms with Gasteiger partial charge in [0.2, 0.25) is 0 Å². The number of rotatable bonds is 1. The third-order valence-electron chi connectivity index (χ3n) is 2.38. The van der Waals surface area contributed by atoms with Gasteiger partial charge in [-0.3, -0.25) is 4.79 Å². The van der Waals surface area contributed by atoms with Crippen LogP contribution in [0.2, 0.25) is 0 Å². The van der Waals surface area contributed by atoms with Gasteiger partial charge in [0.05, 0.1) is 0 Å². The lowest BCUT2D eigenvalue weighted by molar-refractivity contribution is -0.139. The highest BCUT2D eigenvalue weighted by Crippen LogP contribution is 2.15. The Morgan fingerprint density at radius 1 is 1.36 bits per heavy atom. The zero-order valence-electron chi connectivity index (χ0n) is 7.56. The van der Waals surface area contributed by atoms with Crippen molar-refractivity contribution in [2.24, 2.45) is 0 Å². The number of hydrogen-bond donors (Lipinski definition) is 2. The highest BCUT2D eigenvalue weighted by atomic mass is 79.9. The highest BCUT2D eigenvalue weighted by molar-refractivity contribution is 8.93. The second kappa shape index (κ2) is 4.57. The molecule has 2 rings (SSSR count). The van der Waals surface area contributed by atoms with Crippen molar-refractivity contribution in [3.63, 3.8) is 0 Å². The van der Waals surface area contributed by atoms with Gasteiger partial charge in [0.1, 0.15) is 6.04 Å². The molecule has 2 N–H and O–H groups in total. The molecule has 1 aromatic carbocycles. The smallest absolute Gasteiger partial charge is 0.321 e. The van der Waals surface area contributed by atoms with Crippen LogP contribution < -0.4 is 5.32 Å². The summed E-state index contributed by atoms with van der Waals surface area (Å²) in [5.41, 5.74) is 2.36. The molecule has 1 atom stereocenters. The van der Waals surface area contributed by atoms with Crippen molar-refractivity contribution in [1.82, 2.24) is 5.32 Å². The lowest BCUT2D eigenvalue weighted by Gasteiger charge is -2.22. The van der Waals surface area contributed by atoms with E-state index in [1.54, 1.807) is 0 Å². The summed E-state index contributed by atoms with van der Waals surface area (Å²) in [6, 6.07) is 7.52. The normalized spacial score (nSPS) is 19.3. The number of halogens is 1. The molecule has 1 aromatic rings. The summed E-state index contributed by atoms with van der Waals surface area (Å²) < 4.78 is 0. The van der Waals surface area contributed by atoms with Gasteiger partial charge in [0.15, 0.2) is 0 Å². The Bertz CT molecular complexity index is 341. The minimum Gasteiger partial charge on any atom is -0.480 e. The average Bonchev–Trinajstić information content (AvgIpc) is 2.17. The van der Waals surface area contributed by atoms with Crippen molar-refractivity contribution < 1.29 is 9.90 Å². The first kappa shape index (κ1) is 11.2. The average molecular weight is 258 g/mol. The number of carbonyl (C=O) groups is 1. The van der Waals surface area contributed by atoms with Gasteiger partial charge in [0, 0.05) is 6.54 Å². The Balaban J connectivity index is 0.000000980. The van der Waals surface area contributed by atoms with Crippen molar-refractivity contribution in [3.8, 4) is 0 Å². The molecule has 0 amide bonds. The maximum absolute atomic E-state index is 10.7. The van der Waals surface area contributed by atoms with Gasteiger partial charge in [0.25, 0.3) is 0 Å². The predicted octanol–water partition coefficient (Wildman–Crippen LogP) is 1.36. The molecule has 0 bridgehead atoms. The van der Waals surface area contributed by atoms with Crippen molar-refractivity contribution in [2.75, 3.05) is 0 Å². The van der Waals surface area contributed by atoms with Crippen molar-refractivity contribution >= 4 is 23.0 Å². The number of carboxylic acids is 1. The van der Waals surface area contributed by atoms with E-state index in [0.717, 1.165) is 5.56 Å². The van der Waals surface area contributed by atoms with E-state index in [4.69, 9.17) is 5.11 Å². The molecule has 1 unspecified atom stereocenters. The number of carboxylic acid groups (broad SMARTS) is 1. The molecule has 0 spiro atoms. The fourth-order valence-electron chi connectivity index (χ4n) is 1.63. The third-order valence-corrected chi connectivity index (χ3v) is 2.38. The van der Waals surface area contributed by atoms with E-state index in [1.165, 1.54) is 5.56 Å². The molecule has 0 radical (unpaired) electrons. The summed E-state index contributed by atoms with van der Waals surface area (Å²) in [6.07, 6.45) is 0.589. The monoisotopic (exact) mass is 257 g/mol. The number of fused-ring (bicyclic) bond motifs is 1. The number of nitrogens with one attached hydrogen (secondary N) is 1. The first-order valence-electron chi connectivity index (χ1n) is 4.30. The summed E-state index contributed by atoms with van der Waals surface area (Å²) in [7, 11) is 0. The van der Waals surface area contributed by atoms with E-state index in [-0.39, 0.29) is 17.0 Å². The van der Waals surface area contributed by atoms with E-state index >= 15 is 0 Å². The van der Waals surface area contributed by atoms with Crippen LogP contribution in [-0.2, 0) is 17.8 Å². The molecule has 14 heavy (non-hydrogen) atoms. The second-order valence-electron chi connectivity index (χ2n) is 3.24. The van der Waals surface area contributed by atoms with Crippen molar-refractivity contribution in [3.05, 3.63) is 35.4 Å². The van der Waals surface area contributed by atoms with Gasteiger partial charge in [-0.05, 0) is 17.5 Å². The zero-order chi connectivity index (χ0) is 9.26. The van der Waals surface area contributed by atoms with Crippen LogP contribution in [0.25, 0.3) is 0 Å². The van der Waals surface area contributed by atoms with Crippen LogP contribution in [0.4, 0.5) is 0 Å². The first-order chi connectivity index (χ1) is 6.27. The Hall–Kier alpha value is -0.870. The molecule has 1 heterocycles. The minimum atomic E-state index is -0.769. The fourth-order valence-corrected chi connectivity index (χ4v) is 1.63. The van der Waals surface area contributed by atoms with Gasteiger partial charge in [-0.25, -0.2) is 0 Å². The van der Waals surface area contributed by atoms with Gasteiger partial charge >= 0.3 is 5.97 Å². The zero-order valence-corrected chi connectivity index (χ0v) is 9.28. The standard InChI is InChI=1S/C10H11NO2.BrH/c12-10(13)9-5-7-3-1-2-4-8(7)6-11-9;/h1-4,9,11H,5-6H2,(H,12,13);1H. The SMILES string of the molecule is Br.O=C(O)C1Cc2ccccc2CN1. The Morgan fingerprint density at radius 2 is 2.00 bits per heavy atom. The topological polar surface area (TPSA) is 49.3 Å². The van der Waals surface area contributed by atoms with E-state index in [9.17, 15) is 4.79 Å². The van der Waals surface area contributed by atoms with Gasteiger partial charge in [-0.15, -0.1) is 17.0 Å². The van der Waals surface area contributed by atoms with Crippen molar-refractivity contribution in [2.45, 2.75) is 19.0 Å². The minimum absolute atomic E-state index is 0. The van der Waals surface area contributed by atoms with Gasteiger partial charge < -0.3 is 10.4 Å². The van der Waals surface area contributed by atoms with Crippen LogP contribution in [0.5, 0.6) is 0 Å². The molecule has 4 heteroatoms. The van der Waals surface area contributed by atoms with E-state index in [2.05, 4.69) is 5.32 Å². The summed E-state index contributed by atoms with van der Waals surface area (Å²) in [5, 5.41) is 11.8. The van der Waals surface area contributed by atoms with Gasteiger partial charge in [-0.1, -0.05) is 24.3 Å². The summed E-state index contributed by atoms with van der Waals surface area (Å²) in [6.45, 7) is 0.660. The molecule has 0 saturated carbocycles. The molecule has 3 nitrogen and oxygen atoms in total. The maximum atomic E-state index is 10.7. The van der Waals surface area contributed by atoms with E-state index in [0.29, 0.717) is 13.0 Å². The molecular weight excluding hydrogens is 246 g/mol. The van der Waals surface area contributed by atoms with E-state index < -0.39 is 12.0 Å². The quantitative estimate of drug-likeness (QED) is 0.799. The largest absolute Gasteiger partial charge is 0.480 e. The highest BCUT2D eigenvalue weighted by Gasteiger charge is 2.22. The van der Waals surface area contributed by atoms with Crippen LogP contribution in [0, 0.1) is 0 Å². The lowest BCUT2D eigenvalue weighted by Crippen LogP contribution is -2.41. The Labute approximate surface area is 92.9 Å². The Morgan fingerprint density at radius 3 is 2.64 bits per heavy atom. The van der Waals surface area contributed by atoms with Crippen LogP contribution in [0.1, 0.15) is 11.1 Å². The lowest BCUT2D eigenvalue weighted by atomic mass is 9.96. The summed E-state index contributed by atoms with van der Waals surface area (Å²) >= 11 is 0. The van der Waals surface area contributed by atoms with Crippen LogP contribution >= 0.6 is 17.0 Å². The third kappa shape index (κ3) is 2.13. The summed E-state index contributed by atoms with van der Waals surface area (Å²) in [5.74, 6) is -0.769. The van der Waals surface area contributed by atoms with Crippen molar-refractivity contribution in [1.29, 1.82) is 0 Å². The van der Waals surface area contributed by atoms with Gasteiger partial charge in [-0.2, -0.15) is 0 Å². The molecule has 0 saturated heterocycles. The van der Waals surface area contributed by atoms with Crippen LogP contribution in [0.3, 0.4) is 0 Å². The second-order valence-corrected chi connectivity index (χ2v) is 3.24. The number of hydrogen-bond acceptors (Lipinski definition) is 2. The molecule has 0 aliphatic carbocycles. The first-order valence-corrected chi connectivity index (χ1v) is 4.30. The summed E-state index contributed by atoms with van der Waals surface area (Å²) in [4.78, 5) is 10.7. The molecule has 1 aliphatic heterocycles. The molecule has 0 fully saturated rings. The number of aliphatic carboxylic acids is 1. The van der Waals surface area contributed by atoms with Crippen LogP contribution in [0.15, 0.2) is 24.3 Å². The molecule has 1 aliphatic rings. The van der Waals surface area contributed by atoms with Crippen LogP contribution in [-0.4, -0.2) is 17.1 Å². The molecular formula is C10H12BrNO2. The molecule has 0 aromatic heterocycles. The maximum Gasteiger partial charge on any atom is 0.321 e.